The van der Waals surface area contributed by atoms with Crippen molar-refractivity contribution in [2.75, 3.05) is 0 Å². The molecule has 0 aliphatic carbocycles. The Morgan fingerprint density at radius 3 is 2.42 bits per heavy atom. The molecule has 0 aliphatic heterocycles. The fourth-order valence-electron chi connectivity index (χ4n) is 0.711. The van der Waals surface area contributed by atoms with Gasteiger partial charge in [-0.2, -0.15) is 0 Å². The molecule has 1 rings (SSSR count). The van der Waals surface area contributed by atoms with E-state index in [-0.39, 0.29) is 15.6 Å². The first-order valence-electron chi connectivity index (χ1n) is 2.96. The molecular formula is C7H4Cl2FNO. The molecule has 0 fully saturated rings. The van der Waals surface area contributed by atoms with Crippen molar-refractivity contribution in [1.29, 1.82) is 0 Å². The summed E-state index contributed by atoms with van der Waals surface area (Å²) in [4.78, 5) is 10.6. The van der Waals surface area contributed by atoms with Crippen LogP contribution >= 0.6 is 23.2 Å². The van der Waals surface area contributed by atoms with Crippen molar-refractivity contribution in [3.63, 3.8) is 0 Å². The predicted octanol–water partition coefficient (Wildman–Crippen LogP) is 2.23. The number of primary amides is 1. The third-order valence-electron chi connectivity index (χ3n) is 1.28. The molecule has 0 saturated heterocycles. The standard InChI is InChI=1S/C7H4Cl2FNO/c8-4-2-6(10)5(9)1-3(4)7(11)12/h1-2H,(H2,11,12). The Labute approximate surface area is 78.1 Å². The molecule has 2 N–H and O–H groups in total. The van der Waals surface area contributed by atoms with Gasteiger partial charge < -0.3 is 5.73 Å². The second-order valence-electron chi connectivity index (χ2n) is 2.11. The van der Waals surface area contributed by atoms with Crippen LogP contribution in [0.5, 0.6) is 0 Å². The van der Waals surface area contributed by atoms with E-state index in [1.54, 1.807) is 0 Å². The Hall–Kier alpha value is -0.800. The van der Waals surface area contributed by atoms with Gasteiger partial charge in [0.1, 0.15) is 5.82 Å². The number of nitrogens with two attached hydrogens (primary N) is 1. The van der Waals surface area contributed by atoms with E-state index in [1.807, 2.05) is 0 Å². The Kier molecular flexibility index (Phi) is 2.55. The van der Waals surface area contributed by atoms with E-state index < -0.39 is 11.7 Å². The average molecular weight is 208 g/mol. The minimum absolute atomic E-state index is 0.0167. The van der Waals surface area contributed by atoms with Gasteiger partial charge in [0.15, 0.2) is 0 Å². The highest BCUT2D eigenvalue weighted by Crippen LogP contribution is 2.23. The van der Waals surface area contributed by atoms with Gasteiger partial charge in [-0.3, -0.25) is 4.79 Å². The summed E-state index contributed by atoms with van der Waals surface area (Å²) < 4.78 is 12.7. The maximum absolute atomic E-state index is 12.7. The van der Waals surface area contributed by atoms with Crippen LogP contribution in [0, 0.1) is 5.82 Å². The SMILES string of the molecule is NC(=O)c1cc(Cl)c(F)cc1Cl. The summed E-state index contributed by atoms with van der Waals surface area (Å²) in [6.45, 7) is 0. The molecule has 0 aliphatic rings. The third kappa shape index (κ3) is 1.68. The minimum atomic E-state index is -0.734. The highest BCUT2D eigenvalue weighted by atomic mass is 35.5. The van der Waals surface area contributed by atoms with Crippen LogP contribution < -0.4 is 5.73 Å². The van der Waals surface area contributed by atoms with Crippen LogP contribution in [0.4, 0.5) is 4.39 Å². The molecule has 0 unspecified atom stereocenters. The van der Waals surface area contributed by atoms with E-state index >= 15 is 0 Å². The Morgan fingerprint density at radius 1 is 1.33 bits per heavy atom. The first-order chi connectivity index (χ1) is 5.52. The molecule has 1 aromatic carbocycles. The number of carbonyl (C=O) groups excluding carboxylic acids is 1. The summed E-state index contributed by atoms with van der Waals surface area (Å²) >= 11 is 10.9. The van der Waals surface area contributed by atoms with Crippen LogP contribution in [-0.2, 0) is 0 Å². The summed E-state index contributed by atoms with van der Waals surface area (Å²) in [7, 11) is 0. The summed E-state index contributed by atoms with van der Waals surface area (Å²) in [6.07, 6.45) is 0. The molecule has 0 heterocycles. The van der Waals surface area contributed by atoms with Gasteiger partial charge in [-0.25, -0.2) is 4.39 Å². The summed E-state index contributed by atoms with van der Waals surface area (Å²) in [5.74, 6) is -1.41. The number of hydrogen-bond acceptors (Lipinski definition) is 1. The van der Waals surface area contributed by atoms with Crippen molar-refractivity contribution in [3.8, 4) is 0 Å². The van der Waals surface area contributed by atoms with Crippen LogP contribution in [0.25, 0.3) is 0 Å². The van der Waals surface area contributed by atoms with Crippen molar-refractivity contribution >= 4 is 29.1 Å². The molecular weight excluding hydrogens is 204 g/mol. The van der Waals surface area contributed by atoms with Gasteiger partial charge in [-0.05, 0) is 12.1 Å². The lowest BCUT2D eigenvalue weighted by Gasteiger charge is -2.00. The second-order valence-corrected chi connectivity index (χ2v) is 2.92. The quantitative estimate of drug-likeness (QED) is 0.706. The Bertz CT molecular complexity index is 340. The molecule has 64 valence electrons. The van der Waals surface area contributed by atoms with Crippen molar-refractivity contribution < 1.29 is 9.18 Å². The molecule has 0 bridgehead atoms. The van der Waals surface area contributed by atoms with E-state index in [0.717, 1.165) is 12.1 Å². The lowest BCUT2D eigenvalue weighted by atomic mass is 10.2. The first kappa shape index (κ1) is 9.29. The summed E-state index contributed by atoms with van der Waals surface area (Å²) in [5.41, 5.74) is 4.95. The van der Waals surface area contributed by atoms with E-state index in [4.69, 9.17) is 28.9 Å². The smallest absolute Gasteiger partial charge is 0.250 e. The fraction of sp³-hybridized carbons (Fsp3) is 0. The van der Waals surface area contributed by atoms with E-state index in [1.165, 1.54) is 0 Å². The Morgan fingerprint density at radius 2 is 1.92 bits per heavy atom. The summed E-state index contributed by atoms with van der Waals surface area (Å²) in [6, 6.07) is 2.05. The van der Waals surface area contributed by atoms with Gasteiger partial charge in [0.25, 0.3) is 0 Å². The zero-order valence-electron chi connectivity index (χ0n) is 5.77. The van der Waals surface area contributed by atoms with Gasteiger partial charge in [0.05, 0.1) is 15.6 Å². The van der Waals surface area contributed by atoms with Crippen LogP contribution in [0.15, 0.2) is 12.1 Å². The second kappa shape index (κ2) is 3.29. The first-order valence-corrected chi connectivity index (χ1v) is 3.72. The number of halogens is 3. The predicted molar refractivity (Wildman–Crippen MR) is 44.9 cm³/mol. The van der Waals surface area contributed by atoms with Crippen molar-refractivity contribution in [2.24, 2.45) is 5.73 Å². The molecule has 0 atom stereocenters. The van der Waals surface area contributed by atoms with E-state index in [9.17, 15) is 9.18 Å². The van der Waals surface area contributed by atoms with Crippen molar-refractivity contribution in [3.05, 3.63) is 33.6 Å². The lowest BCUT2D eigenvalue weighted by Crippen LogP contribution is -2.11. The maximum atomic E-state index is 12.7. The van der Waals surface area contributed by atoms with E-state index in [0.29, 0.717) is 0 Å². The minimum Gasteiger partial charge on any atom is -0.366 e. The monoisotopic (exact) mass is 207 g/mol. The van der Waals surface area contributed by atoms with Gasteiger partial charge in [-0.1, -0.05) is 23.2 Å². The molecule has 5 heteroatoms. The molecule has 2 nitrogen and oxygen atoms in total. The van der Waals surface area contributed by atoms with Crippen LogP contribution in [0.2, 0.25) is 10.0 Å². The number of rotatable bonds is 1. The van der Waals surface area contributed by atoms with Crippen LogP contribution in [-0.4, -0.2) is 5.91 Å². The molecule has 0 saturated carbocycles. The van der Waals surface area contributed by atoms with Crippen molar-refractivity contribution in [1.82, 2.24) is 0 Å². The fourth-order valence-corrected chi connectivity index (χ4v) is 1.12. The normalized spacial score (nSPS) is 9.92. The van der Waals surface area contributed by atoms with Gasteiger partial charge >= 0.3 is 0 Å². The topological polar surface area (TPSA) is 43.1 Å². The molecule has 1 amide bonds. The summed E-state index contributed by atoms with van der Waals surface area (Å²) in [5, 5.41) is -0.211. The molecule has 0 radical (unpaired) electrons. The molecule has 1 aromatic rings. The van der Waals surface area contributed by atoms with E-state index in [2.05, 4.69) is 0 Å². The van der Waals surface area contributed by atoms with Gasteiger partial charge in [-0.15, -0.1) is 0 Å². The maximum Gasteiger partial charge on any atom is 0.250 e. The van der Waals surface area contributed by atoms with Crippen LogP contribution in [0.3, 0.4) is 0 Å². The van der Waals surface area contributed by atoms with Crippen LogP contribution in [0.1, 0.15) is 10.4 Å². The third-order valence-corrected chi connectivity index (χ3v) is 1.88. The van der Waals surface area contributed by atoms with Crippen molar-refractivity contribution in [2.45, 2.75) is 0 Å². The lowest BCUT2D eigenvalue weighted by molar-refractivity contribution is 0.100. The molecule has 12 heavy (non-hydrogen) atoms. The largest absolute Gasteiger partial charge is 0.366 e. The average Bonchev–Trinajstić information content (AvgIpc) is 1.96. The number of hydrogen-bond donors (Lipinski definition) is 1. The zero-order chi connectivity index (χ0) is 9.30. The van der Waals surface area contributed by atoms with Gasteiger partial charge in [0, 0.05) is 0 Å². The zero-order valence-corrected chi connectivity index (χ0v) is 7.29. The highest BCUT2D eigenvalue weighted by Gasteiger charge is 2.10. The number of carbonyl (C=O) groups is 1. The highest BCUT2D eigenvalue weighted by molar-refractivity contribution is 6.35. The number of amides is 1. The molecule has 0 aromatic heterocycles. The van der Waals surface area contributed by atoms with Gasteiger partial charge in [0.2, 0.25) is 5.91 Å². The molecule has 0 spiro atoms. The number of benzene rings is 1. The Balaban J connectivity index is 3.33.